The lowest BCUT2D eigenvalue weighted by Crippen LogP contribution is -2.13. The summed E-state index contributed by atoms with van der Waals surface area (Å²) >= 11 is 5.59. The summed E-state index contributed by atoms with van der Waals surface area (Å²) in [6.07, 6.45) is 4.35. The summed E-state index contributed by atoms with van der Waals surface area (Å²) in [5.41, 5.74) is 1.30. The minimum Gasteiger partial charge on any atom is -0.305 e. The molecule has 0 saturated carbocycles. The number of aryl methyl sites for hydroxylation is 1. The molecule has 86 valence electrons. The van der Waals surface area contributed by atoms with E-state index in [0.717, 1.165) is 5.69 Å². The largest absolute Gasteiger partial charge is 0.305 e. The summed E-state index contributed by atoms with van der Waals surface area (Å²) in [5.74, 6) is 0.0981. The number of anilines is 1. The zero-order valence-electron chi connectivity index (χ0n) is 9.01. The third-order valence-corrected chi connectivity index (χ3v) is 2.22. The van der Waals surface area contributed by atoms with Crippen LogP contribution in [-0.4, -0.2) is 20.9 Å². The normalized spacial score (nSPS) is 10.0. The highest BCUT2D eigenvalue weighted by molar-refractivity contribution is 6.29. The third kappa shape index (κ3) is 2.98. The minimum atomic E-state index is -0.257. The molecule has 0 fully saturated rings. The average Bonchev–Trinajstić information content (AvgIpc) is 2.32. The van der Waals surface area contributed by atoms with Crippen LogP contribution in [-0.2, 0) is 0 Å². The fourth-order valence-electron chi connectivity index (χ4n) is 1.25. The second-order valence-electron chi connectivity index (χ2n) is 3.36. The number of aromatic nitrogens is 3. The first-order valence-corrected chi connectivity index (χ1v) is 5.24. The maximum atomic E-state index is 11.8. The van der Waals surface area contributed by atoms with Crippen molar-refractivity contribution in [2.24, 2.45) is 0 Å². The summed E-state index contributed by atoms with van der Waals surface area (Å²) in [5, 5.41) is 2.89. The second kappa shape index (κ2) is 4.88. The van der Waals surface area contributed by atoms with Crippen molar-refractivity contribution in [2.45, 2.75) is 6.92 Å². The van der Waals surface area contributed by atoms with Crippen molar-refractivity contribution in [3.05, 3.63) is 47.1 Å². The van der Waals surface area contributed by atoms with E-state index in [1.165, 1.54) is 12.4 Å². The molecular weight excluding hydrogens is 240 g/mol. The lowest BCUT2D eigenvalue weighted by molar-refractivity contribution is 0.102. The molecule has 2 heterocycles. The first kappa shape index (κ1) is 11.5. The molecule has 0 aliphatic carbocycles. The molecular formula is C11H9ClN4O. The molecule has 6 heteroatoms. The summed E-state index contributed by atoms with van der Waals surface area (Å²) in [6.45, 7) is 1.82. The molecule has 1 N–H and O–H groups in total. The van der Waals surface area contributed by atoms with Gasteiger partial charge in [0.15, 0.2) is 5.82 Å². The SMILES string of the molecule is Cc1cc(C(=O)Nc2cnc(Cl)cn2)ccn1. The van der Waals surface area contributed by atoms with Gasteiger partial charge in [-0.15, -0.1) is 0 Å². The Morgan fingerprint density at radius 2 is 2.12 bits per heavy atom. The molecule has 0 radical (unpaired) electrons. The van der Waals surface area contributed by atoms with Gasteiger partial charge < -0.3 is 5.32 Å². The quantitative estimate of drug-likeness (QED) is 0.884. The smallest absolute Gasteiger partial charge is 0.256 e. The van der Waals surface area contributed by atoms with Crippen molar-refractivity contribution in [3.63, 3.8) is 0 Å². The molecule has 0 aromatic carbocycles. The fraction of sp³-hybridized carbons (Fsp3) is 0.0909. The third-order valence-electron chi connectivity index (χ3n) is 2.02. The van der Waals surface area contributed by atoms with Gasteiger partial charge in [0.05, 0.1) is 12.4 Å². The second-order valence-corrected chi connectivity index (χ2v) is 3.75. The Balaban J connectivity index is 2.14. The zero-order valence-corrected chi connectivity index (χ0v) is 9.77. The number of pyridine rings is 1. The van der Waals surface area contributed by atoms with Gasteiger partial charge in [0.25, 0.3) is 5.91 Å². The van der Waals surface area contributed by atoms with E-state index in [4.69, 9.17) is 11.6 Å². The van der Waals surface area contributed by atoms with E-state index in [1.807, 2.05) is 6.92 Å². The van der Waals surface area contributed by atoms with E-state index < -0.39 is 0 Å². The van der Waals surface area contributed by atoms with Gasteiger partial charge in [0.1, 0.15) is 5.15 Å². The number of amides is 1. The standard InChI is InChI=1S/C11H9ClN4O/c1-7-4-8(2-3-13-7)11(17)16-10-6-14-9(12)5-15-10/h2-6H,1H3,(H,15,16,17). The number of nitrogens with zero attached hydrogens (tertiary/aromatic N) is 3. The van der Waals surface area contributed by atoms with E-state index in [2.05, 4.69) is 20.3 Å². The van der Waals surface area contributed by atoms with Crippen LogP contribution >= 0.6 is 11.6 Å². The molecule has 0 aliphatic rings. The van der Waals surface area contributed by atoms with Gasteiger partial charge in [-0.1, -0.05) is 11.6 Å². The van der Waals surface area contributed by atoms with Crippen LogP contribution in [0.1, 0.15) is 16.1 Å². The van der Waals surface area contributed by atoms with Crippen molar-refractivity contribution in [3.8, 4) is 0 Å². The van der Waals surface area contributed by atoms with Gasteiger partial charge in [-0.25, -0.2) is 9.97 Å². The topological polar surface area (TPSA) is 67.8 Å². The maximum absolute atomic E-state index is 11.8. The highest BCUT2D eigenvalue weighted by Crippen LogP contribution is 2.08. The van der Waals surface area contributed by atoms with Crippen LogP contribution in [0, 0.1) is 6.92 Å². The van der Waals surface area contributed by atoms with E-state index >= 15 is 0 Å². The summed E-state index contributed by atoms with van der Waals surface area (Å²) < 4.78 is 0. The van der Waals surface area contributed by atoms with E-state index in [0.29, 0.717) is 11.4 Å². The maximum Gasteiger partial charge on any atom is 0.256 e. The number of halogens is 1. The fourth-order valence-corrected chi connectivity index (χ4v) is 1.35. The van der Waals surface area contributed by atoms with E-state index in [1.54, 1.807) is 18.3 Å². The first-order chi connectivity index (χ1) is 8.15. The van der Waals surface area contributed by atoms with Crippen molar-refractivity contribution in [2.75, 3.05) is 5.32 Å². The van der Waals surface area contributed by atoms with Crippen molar-refractivity contribution in [1.29, 1.82) is 0 Å². The van der Waals surface area contributed by atoms with Crippen LogP contribution in [0.2, 0.25) is 5.15 Å². The number of hydrogen-bond acceptors (Lipinski definition) is 4. The number of nitrogens with one attached hydrogen (secondary N) is 1. The molecule has 0 saturated heterocycles. The summed E-state index contributed by atoms with van der Waals surface area (Å²) in [4.78, 5) is 23.6. The van der Waals surface area contributed by atoms with Crippen LogP contribution in [0.3, 0.4) is 0 Å². The summed E-state index contributed by atoms with van der Waals surface area (Å²) in [6, 6.07) is 3.32. The Hall–Kier alpha value is -2.01. The van der Waals surface area contributed by atoms with Gasteiger partial charge in [-0.2, -0.15) is 0 Å². The Bertz CT molecular complexity index is 541. The first-order valence-electron chi connectivity index (χ1n) is 4.87. The molecule has 2 aromatic heterocycles. The molecule has 0 aliphatic heterocycles. The zero-order chi connectivity index (χ0) is 12.3. The molecule has 0 spiro atoms. The molecule has 0 atom stereocenters. The Kier molecular flexibility index (Phi) is 3.30. The van der Waals surface area contributed by atoms with E-state index in [-0.39, 0.29) is 11.1 Å². The lowest BCUT2D eigenvalue weighted by atomic mass is 10.2. The number of carbonyl (C=O) groups excluding carboxylic acids is 1. The van der Waals surface area contributed by atoms with Gasteiger partial charge in [-0.3, -0.25) is 9.78 Å². The highest BCUT2D eigenvalue weighted by Gasteiger charge is 2.07. The molecule has 17 heavy (non-hydrogen) atoms. The van der Waals surface area contributed by atoms with E-state index in [9.17, 15) is 4.79 Å². The van der Waals surface area contributed by atoms with Crippen molar-refractivity contribution < 1.29 is 4.79 Å². The molecule has 0 unspecified atom stereocenters. The van der Waals surface area contributed by atoms with Gasteiger partial charge in [-0.05, 0) is 19.1 Å². The van der Waals surface area contributed by atoms with Gasteiger partial charge in [0.2, 0.25) is 0 Å². The number of hydrogen-bond donors (Lipinski definition) is 1. The van der Waals surface area contributed by atoms with Crippen LogP contribution in [0.5, 0.6) is 0 Å². The van der Waals surface area contributed by atoms with Crippen LogP contribution in [0.4, 0.5) is 5.82 Å². The molecule has 1 amide bonds. The predicted octanol–water partition coefficient (Wildman–Crippen LogP) is 2.09. The van der Waals surface area contributed by atoms with Gasteiger partial charge >= 0.3 is 0 Å². The van der Waals surface area contributed by atoms with Crippen LogP contribution < -0.4 is 5.32 Å². The number of carbonyl (C=O) groups is 1. The Labute approximate surface area is 103 Å². The number of rotatable bonds is 2. The van der Waals surface area contributed by atoms with Crippen LogP contribution in [0.15, 0.2) is 30.7 Å². The van der Waals surface area contributed by atoms with Crippen LogP contribution in [0.25, 0.3) is 0 Å². The van der Waals surface area contributed by atoms with Gasteiger partial charge in [0, 0.05) is 17.5 Å². The Morgan fingerprint density at radius 1 is 1.29 bits per heavy atom. The monoisotopic (exact) mass is 248 g/mol. The molecule has 0 bridgehead atoms. The predicted molar refractivity (Wildman–Crippen MR) is 64.0 cm³/mol. The Morgan fingerprint density at radius 3 is 2.76 bits per heavy atom. The van der Waals surface area contributed by atoms with Crippen molar-refractivity contribution in [1.82, 2.24) is 15.0 Å². The molecule has 2 rings (SSSR count). The molecule has 2 aromatic rings. The highest BCUT2D eigenvalue weighted by atomic mass is 35.5. The molecule has 5 nitrogen and oxygen atoms in total. The lowest BCUT2D eigenvalue weighted by Gasteiger charge is -2.04. The van der Waals surface area contributed by atoms with Crippen molar-refractivity contribution >= 4 is 23.3 Å². The summed E-state index contributed by atoms with van der Waals surface area (Å²) in [7, 11) is 0. The minimum absolute atomic E-state index is 0.257. The average molecular weight is 249 g/mol.